The van der Waals surface area contributed by atoms with Crippen molar-refractivity contribution in [1.29, 1.82) is 0 Å². The molecule has 0 radical (unpaired) electrons. The van der Waals surface area contributed by atoms with Crippen LogP contribution >= 0.6 is 12.4 Å². The summed E-state index contributed by atoms with van der Waals surface area (Å²) in [6.45, 7) is 2.96. The van der Waals surface area contributed by atoms with Crippen LogP contribution in [0.1, 0.15) is 50.6 Å². The summed E-state index contributed by atoms with van der Waals surface area (Å²) < 4.78 is 0. The van der Waals surface area contributed by atoms with E-state index in [1.807, 2.05) is 37.3 Å². The predicted octanol–water partition coefficient (Wildman–Crippen LogP) is 5.42. The van der Waals surface area contributed by atoms with Gasteiger partial charge in [-0.1, -0.05) is 31.4 Å². The molecule has 1 fully saturated rings. The number of carboxylic acid groups (broad SMARTS) is 1. The summed E-state index contributed by atoms with van der Waals surface area (Å²) >= 11 is 0. The first-order valence-electron chi connectivity index (χ1n) is 12.6. The maximum absolute atomic E-state index is 12.4. The van der Waals surface area contributed by atoms with Gasteiger partial charge in [-0.2, -0.15) is 0 Å². The van der Waals surface area contributed by atoms with E-state index < -0.39 is 12.1 Å². The van der Waals surface area contributed by atoms with Crippen molar-refractivity contribution in [2.75, 3.05) is 25.0 Å². The van der Waals surface area contributed by atoms with Crippen molar-refractivity contribution in [1.82, 2.24) is 20.2 Å². The second kappa shape index (κ2) is 13.2. The van der Waals surface area contributed by atoms with Crippen LogP contribution in [0.25, 0.3) is 21.9 Å². The first-order chi connectivity index (χ1) is 17.5. The van der Waals surface area contributed by atoms with Crippen molar-refractivity contribution in [3.8, 4) is 11.1 Å². The summed E-state index contributed by atoms with van der Waals surface area (Å²) in [5.41, 5.74) is 8.91. The Kier molecular flexibility index (Phi) is 10.0. The normalized spacial score (nSPS) is 14.4. The molecule has 0 aliphatic heterocycles. The molecule has 198 valence electrons. The monoisotopic (exact) mass is 526 g/mol. The van der Waals surface area contributed by atoms with Gasteiger partial charge in [0.2, 0.25) is 0 Å². The van der Waals surface area contributed by atoms with Crippen molar-refractivity contribution in [3.05, 3.63) is 54.5 Å². The fourth-order valence-electron chi connectivity index (χ4n) is 5.13. The number of benzene rings is 1. The van der Waals surface area contributed by atoms with Crippen LogP contribution in [0, 0.1) is 5.92 Å². The van der Waals surface area contributed by atoms with E-state index in [1.165, 1.54) is 11.3 Å². The second-order valence-corrected chi connectivity index (χ2v) is 9.23. The lowest BCUT2D eigenvalue weighted by Gasteiger charge is -2.34. The molecule has 0 saturated heterocycles. The van der Waals surface area contributed by atoms with Gasteiger partial charge in [0, 0.05) is 43.6 Å². The first-order valence-corrected chi connectivity index (χ1v) is 12.6. The predicted molar refractivity (Wildman–Crippen MR) is 148 cm³/mol. The number of nitrogens with two attached hydrogens (primary N) is 1. The molecule has 2 aromatic heterocycles. The van der Waals surface area contributed by atoms with Crippen LogP contribution in [0.2, 0.25) is 0 Å². The van der Waals surface area contributed by atoms with Gasteiger partial charge in [0.1, 0.15) is 5.82 Å². The van der Waals surface area contributed by atoms with Gasteiger partial charge >= 0.3 is 12.1 Å². The third kappa shape index (κ3) is 6.67. The Bertz CT molecular complexity index is 1200. The fourth-order valence-corrected chi connectivity index (χ4v) is 5.13. The molecule has 1 aromatic carbocycles. The lowest BCUT2D eigenvalue weighted by Crippen LogP contribution is -2.41. The molecule has 0 spiro atoms. The van der Waals surface area contributed by atoms with Gasteiger partial charge in [0.15, 0.2) is 0 Å². The number of halogens is 1. The first kappa shape index (κ1) is 28.1. The van der Waals surface area contributed by atoms with Crippen LogP contribution in [0.5, 0.6) is 0 Å². The maximum atomic E-state index is 12.4. The molecule has 1 aliphatic carbocycles. The van der Waals surface area contributed by atoms with Gasteiger partial charge in [-0.3, -0.25) is 15.2 Å². The lowest BCUT2D eigenvalue weighted by molar-refractivity contribution is 0.109. The van der Waals surface area contributed by atoms with E-state index in [0.717, 1.165) is 53.1 Å². The lowest BCUT2D eigenvalue weighted by atomic mass is 9.88. The molecular weight excluding hydrogens is 492 g/mol. The van der Waals surface area contributed by atoms with E-state index in [1.54, 1.807) is 18.6 Å². The van der Waals surface area contributed by atoms with Crippen LogP contribution < -0.4 is 16.4 Å². The Morgan fingerprint density at radius 3 is 2.51 bits per heavy atom. The number of aromatic nitrogens is 2. The molecule has 2 heterocycles. The number of carbonyl (C=O) groups excluding carboxylic acids is 1. The Morgan fingerprint density at radius 2 is 1.86 bits per heavy atom. The number of nitrogens with one attached hydrogen (secondary N) is 2. The van der Waals surface area contributed by atoms with Gasteiger partial charge in [0.25, 0.3) is 0 Å². The second-order valence-electron chi connectivity index (χ2n) is 9.23. The Morgan fingerprint density at radius 1 is 1.14 bits per heavy atom. The number of nitrogens with zero attached hydrogens (tertiary/aromatic N) is 3. The standard InChI is InChI=1S/C27H34N6O3.ClH/c1-2-30-26(34)32-25-14-22-20(19-10-12-29-13-11-19)8-9-21(23(22)16-31-25)24(15-28)33(27(35)36)17-18-6-4-3-5-7-18;/h8-14,16,18,24H,2-7,15,17,28H2,1H3,(H,35,36)(H2,30,31,32,34);1H. The maximum Gasteiger partial charge on any atom is 0.407 e. The highest BCUT2D eigenvalue weighted by atomic mass is 35.5. The van der Waals surface area contributed by atoms with E-state index in [0.29, 0.717) is 24.8 Å². The number of carbonyl (C=O) groups is 2. The molecule has 9 nitrogen and oxygen atoms in total. The number of anilines is 1. The number of pyridine rings is 2. The third-order valence-corrected chi connectivity index (χ3v) is 6.89. The fraction of sp³-hybridized carbons (Fsp3) is 0.407. The van der Waals surface area contributed by atoms with Gasteiger partial charge < -0.3 is 16.2 Å². The van der Waals surface area contributed by atoms with E-state index in [4.69, 9.17) is 5.73 Å². The van der Waals surface area contributed by atoms with Crippen LogP contribution in [0.4, 0.5) is 15.4 Å². The number of amides is 3. The SMILES string of the molecule is CCNC(=O)Nc1cc2c(-c3ccncc3)ccc(C(CN)N(CC3CCCCC3)C(=O)O)c2cn1.Cl. The Labute approximate surface area is 223 Å². The zero-order chi connectivity index (χ0) is 25.5. The third-order valence-electron chi connectivity index (χ3n) is 6.89. The molecule has 37 heavy (non-hydrogen) atoms. The van der Waals surface area contributed by atoms with Crippen molar-refractivity contribution in [2.24, 2.45) is 11.7 Å². The molecule has 4 rings (SSSR count). The smallest absolute Gasteiger partial charge is 0.407 e. The summed E-state index contributed by atoms with van der Waals surface area (Å²) in [7, 11) is 0. The molecule has 3 amide bonds. The Balaban J connectivity index is 0.00000380. The molecule has 1 atom stereocenters. The number of rotatable bonds is 8. The zero-order valence-electron chi connectivity index (χ0n) is 21.0. The van der Waals surface area contributed by atoms with E-state index in [9.17, 15) is 14.7 Å². The van der Waals surface area contributed by atoms with Crippen molar-refractivity contribution in [2.45, 2.75) is 45.1 Å². The topological polar surface area (TPSA) is 133 Å². The van der Waals surface area contributed by atoms with Crippen LogP contribution in [-0.4, -0.2) is 51.7 Å². The number of fused-ring (bicyclic) bond motifs is 1. The summed E-state index contributed by atoms with van der Waals surface area (Å²) in [6.07, 6.45) is 9.75. The highest BCUT2D eigenvalue weighted by Gasteiger charge is 2.29. The quantitative estimate of drug-likeness (QED) is 0.309. The molecule has 1 unspecified atom stereocenters. The summed E-state index contributed by atoms with van der Waals surface area (Å²) in [5, 5.41) is 17.3. The molecule has 1 aliphatic rings. The number of urea groups is 1. The number of hydrogen-bond donors (Lipinski definition) is 4. The van der Waals surface area contributed by atoms with Gasteiger partial charge in [-0.05, 0) is 66.0 Å². The molecule has 5 N–H and O–H groups in total. The van der Waals surface area contributed by atoms with Gasteiger partial charge in [-0.25, -0.2) is 14.6 Å². The molecular formula is C27H35ClN6O3. The molecule has 3 aromatic rings. The molecule has 1 saturated carbocycles. The average molecular weight is 527 g/mol. The van der Waals surface area contributed by atoms with Gasteiger partial charge in [0.05, 0.1) is 6.04 Å². The summed E-state index contributed by atoms with van der Waals surface area (Å²) in [6, 6.07) is 8.73. The van der Waals surface area contributed by atoms with E-state index >= 15 is 0 Å². The highest BCUT2D eigenvalue weighted by molar-refractivity contribution is 6.01. The average Bonchev–Trinajstić information content (AvgIpc) is 2.89. The number of hydrogen-bond acceptors (Lipinski definition) is 5. The van der Waals surface area contributed by atoms with E-state index in [-0.39, 0.29) is 25.0 Å². The van der Waals surface area contributed by atoms with E-state index in [2.05, 4.69) is 20.6 Å². The highest BCUT2D eigenvalue weighted by Crippen LogP contribution is 2.36. The molecule has 10 heteroatoms. The van der Waals surface area contributed by atoms with Crippen LogP contribution in [0.15, 0.2) is 48.9 Å². The Hall–Kier alpha value is -3.43. The minimum absolute atomic E-state index is 0. The molecule has 0 bridgehead atoms. The summed E-state index contributed by atoms with van der Waals surface area (Å²) in [5.74, 6) is 0.750. The van der Waals surface area contributed by atoms with Gasteiger partial charge in [-0.15, -0.1) is 12.4 Å². The summed E-state index contributed by atoms with van der Waals surface area (Å²) in [4.78, 5) is 34.6. The largest absolute Gasteiger partial charge is 0.465 e. The van der Waals surface area contributed by atoms with Crippen LogP contribution in [0.3, 0.4) is 0 Å². The van der Waals surface area contributed by atoms with Crippen LogP contribution in [-0.2, 0) is 0 Å². The minimum Gasteiger partial charge on any atom is -0.465 e. The minimum atomic E-state index is -0.968. The zero-order valence-corrected chi connectivity index (χ0v) is 21.8. The van der Waals surface area contributed by atoms with Crippen molar-refractivity contribution < 1.29 is 14.7 Å². The van der Waals surface area contributed by atoms with Crippen molar-refractivity contribution in [3.63, 3.8) is 0 Å². The van der Waals surface area contributed by atoms with Crippen molar-refractivity contribution >= 4 is 41.1 Å².